The molecule has 34 heavy (non-hydrogen) atoms. The molecule has 0 bridgehead atoms. The molecule has 0 spiro atoms. The maximum atomic E-state index is 12.5. The Morgan fingerprint density at radius 1 is 1.18 bits per heavy atom. The Bertz CT molecular complexity index is 1050. The highest BCUT2D eigenvalue weighted by molar-refractivity contribution is 5.71. The van der Waals surface area contributed by atoms with E-state index >= 15 is 0 Å². The van der Waals surface area contributed by atoms with E-state index in [1.54, 1.807) is 11.9 Å². The van der Waals surface area contributed by atoms with Crippen molar-refractivity contribution in [1.82, 2.24) is 10.1 Å². The first kappa shape index (κ1) is 23.9. The number of allylic oxidation sites excluding steroid dienone is 1. The second-order valence-corrected chi connectivity index (χ2v) is 9.35. The van der Waals surface area contributed by atoms with Gasteiger partial charge in [0.1, 0.15) is 18.5 Å². The second kappa shape index (κ2) is 10.3. The number of aromatic nitrogens is 1. The third-order valence-corrected chi connectivity index (χ3v) is 6.79. The van der Waals surface area contributed by atoms with Gasteiger partial charge in [-0.2, -0.15) is 0 Å². The predicted molar refractivity (Wildman–Crippen MR) is 125 cm³/mol. The van der Waals surface area contributed by atoms with E-state index in [2.05, 4.69) is 5.16 Å². The van der Waals surface area contributed by atoms with Gasteiger partial charge in [-0.25, -0.2) is 4.79 Å². The van der Waals surface area contributed by atoms with Crippen LogP contribution < -0.4 is 4.74 Å². The van der Waals surface area contributed by atoms with Crippen LogP contribution in [0.5, 0.6) is 5.75 Å². The third kappa shape index (κ3) is 5.43. The first-order valence-electron chi connectivity index (χ1n) is 11.8. The SMILES string of the molecule is CC1=C[C@@H](Oc2ccc(-c3onc(C)c3COC(=O)N(C)C3CCCC3)cc2)C[C@H](C(=O)O)C1. The number of aliphatic carboxylic acids is 1. The van der Waals surface area contributed by atoms with Gasteiger partial charge in [-0.05, 0) is 63.5 Å². The second-order valence-electron chi connectivity index (χ2n) is 9.35. The average molecular weight is 469 g/mol. The molecule has 0 unspecified atom stereocenters. The van der Waals surface area contributed by atoms with Crippen molar-refractivity contribution < 1.29 is 28.7 Å². The molecule has 1 saturated carbocycles. The first-order chi connectivity index (χ1) is 16.3. The topological polar surface area (TPSA) is 102 Å². The lowest BCUT2D eigenvalue weighted by Crippen LogP contribution is -2.35. The number of carbonyl (C=O) groups excluding carboxylic acids is 1. The van der Waals surface area contributed by atoms with Gasteiger partial charge >= 0.3 is 12.1 Å². The number of carboxylic acids is 1. The van der Waals surface area contributed by atoms with E-state index in [9.17, 15) is 14.7 Å². The lowest BCUT2D eigenvalue weighted by atomic mass is 9.88. The van der Waals surface area contributed by atoms with E-state index < -0.39 is 11.9 Å². The molecule has 2 aromatic rings. The molecule has 2 aliphatic carbocycles. The van der Waals surface area contributed by atoms with E-state index in [4.69, 9.17) is 14.0 Å². The van der Waals surface area contributed by atoms with Gasteiger partial charge in [0.05, 0.1) is 17.2 Å². The Balaban J connectivity index is 1.41. The van der Waals surface area contributed by atoms with Crippen LogP contribution in [-0.2, 0) is 16.1 Å². The predicted octanol–water partition coefficient (Wildman–Crippen LogP) is 5.35. The summed E-state index contributed by atoms with van der Waals surface area (Å²) in [6.45, 7) is 3.84. The zero-order chi connectivity index (χ0) is 24.2. The van der Waals surface area contributed by atoms with Crippen LogP contribution in [0.4, 0.5) is 4.79 Å². The number of hydrogen-bond acceptors (Lipinski definition) is 6. The van der Waals surface area contributed by atoms with Gasteiger partial charge in [-0.1, -0.05) is 23.6 Å². The fourth-order valence-electron chi connectivity index (χ4n) is 4.80. The fourth-order valence-corrected chi connectivity index (χ4v) is 4.80. The Morgan fingerprint density at radius 2 is 1.88 bits per heavy atom. The minimum Gasteiger partial charge on any atom is -0.486 e. The maximum Gasteiger partial charge on any atom is 0.410 e. The maximum absolute atomic E-state index is 12.5. The van der Waals surface area contributed by atoms with Crippen molar-refractivity contribution in [2.24, 2.45) is 5.92 Å². The van der Waals surface area contributed by atoms with Crippen LogP contribution >= 0.6 is 0 Å². The highest BCUT2D eigenvalue weighted by Crippen LogP contribution is 2.31. The summed E-state index contributed by atoms with van der Waals surface area (Å²) in [6.07, 6.45) is 6.71. The van der Waals surface area contributed by atoms with Gasteiger partial charge in [0.2, 0.25) is 0 Å². The summed E-state index contributed by atoms with van der Waals surface area (Å²) in [5.41, 5.74) is 3.23. The van der Waals surface area contributed by atoms with Crippen molar-refractivity contribution in [1.29, 1.82) is 0 Å². The Kier molecular flexibility index (Phi) is 7.24. The van der Waals surface area contributed by atoms with Crippen molar-refractivity contribution >= 4 is 12.1 Å². The minimum atomic E-state index is -0.792. The van der Waals surface area contributed by atoms with E-state index in [-0.39, 0.29) is 24.8 Å². The van der Waals surface area contributed by atoms with Crippen molar-refractivity contribution in [3.63, 3.8) is 0 Å². The quantitative estimate of drug-likeness (QED) is 0.547. The molecule has 4 rings (SSSR count). The van der Waals surface area contributed by atoms with Gasteiger partial charge in [-0.3, -0.25) is 4.79 Å². The molecule has 1 amide bonds. The van der Waals surface area contributed by atoms with Gasteiger partial charge in [-0.15, -0.1) is 0 Å². The highest BCUT2D eigenvalue weighted by atomic mass is 16.6. The molecule has 8 heteroatoms. The van der Waals surface area contributed by atoms with Crippen LogP contribution in [-0.4, -0.2) is 46.4 Å². The first-order valence-corrected chi connectivity index (χ1v) is 11.8. The molecule has 1 heterocycles. The van der Waals surface area contributed by atoms with Crippen molar-refractivity contribution in [3.8, 4) is 17.1 Å². The summed E-state index contributed by atoms with van der Waals surface area (Å²) >= 11 is 0. The van der Waals surface area contributed by atoms with E-state index in [0.717, 1.165) is 42.4 Å². The van der Waals surface area contributed by atoms with Gasteiger partial charge < -0.3 is 24.0 Å². The highest BCUT2D eigenvalue weighted by Gasteiger charge is 2.28. The molecular formula is C26H32N2O6. The number of hydrogen-bond donors (Lipinski definition) is 1. The lowest BCUT2D eigenvalue weighted by Gasteiger charge is -2.25. The standard InChI is InChI=1S/C26H32N2O6/c1-16-12-19(25(29)30)14-22(13-16)33-21-10-8-18(9-11-21)24-23(17(2)27-34-24)15-32-26(31)28(3)20-6-4-5-7-20/h8-11,13,19-20,22H,4-7,12,14-15H2,1-3H3,(H,29,30)/t19-,22-/m1/s1. The van der Waals surface area contributed by atoms with Crippen LogP contribution in [0.2, 0.25) is 0 Å². The molecule has 1 fully saturated rings. The number of carboxylic acid groups (broad SMARTS) is 1. The number of benzene rings is 1. The molecule has 0 saturated heterocycles. The lowest BCUT2D eigenvalue weighted by molar-refractivity contribution is -0.142. The number of amides is 1. The molecule has 0 radical (unpaired) electrons. The number of aryl methyl sites for hydroxylation is 1. The smallest absolute Gasteiger partial charge is 0.410 e. The monoisotopic (exact) mass is 468 g/mol. The number of nitrogens with zero attached hydrogens (tertiary/aromatic N) is 2. The summed E-state index contributed by atoms with van der Waals surface area (Å²) in [6, 6.07) is 7.62. The summed E-state index contributed by atoms with van der Waals surface area (Å²) < 4.78 is 17.1. The molecule has 2 atom stereocenters. The minimum absolute atomic E-state index is 0.0849. The molecule has 1 aromatic carbocycles. The van der Waals surface area contributed by atoms with Crippen LogP contribution in [0.25, 0.3) is 11.3 Å². The normalized spacial score (nSPS) is 20.6. The van der Waals surface area contributed by atoms with Crippen molar-refractivity contribution in [2.75, 3.05) is 7.05 Å². The number of carbonyl (C=O) groups is 2. The summed E-state index contributed by atoms with van der Waals surface area (Å²) in [5, 5.41) is 13.4. The Hall–Kier alpha value is -3.29. The van der Waals surface area contributed by atoms with Crippen LogP contribution in [0.3, 0.4) is 0 Å². The van der Waals surface area contributed by atoms with Crippen LogP contribution in [0.1, 0.15) is 56.7 Å². The molecule has 8 nitrogen and oxygen atoms in total. The van der Waals surface area contributed by atoms with Gasteiger partial charge in [0, 0.05) is 25.1 Å². The summed E-state index contributed by atoms with van der Waals surface area (Å²) in [7, 11) is 1.79. The largest absolute Gasteiger partial charge is 0.486 e. The average Bonchev–Trinajstić information content (AvgIpc) is 3.47. The number of ether oxygens (including phenoxy) is 2. The van der Waals surface area contributed by atoms with Crippen LogP contribution in [0, 0.1) is 12.8 Å². The van der Waals surface area contributed by atoms with Crippen molar-refractivity contribution in [3.05, 3.63) is 47.2 Å². The van der Waals surface area contributed by atoms with E-state index in [1.807, 2.05) is 44.2 Å². The third-order valence-electron chi connectivity index (χ3n) is 6.79. The Morgan fingerprint density at radius 3 is 2.56 bits per heavy atom. The van der Waals surface area contributed by atoms with Gasteiger partial charge in [0.15, 0.2) is 5.76 Å². The Labute approximate surface area is 199 Å². The van der Waals surface area contributed by atoms with E-state index in [0.29, 0.717) is 30.0 Å². The number of rotatable bonds is 7. The van der Waals surface area contributed by atoms with Crippen LogP contribution in [0.15, 0.2) is 40.4 Å². The fraction of sp³-hybridized carbons (Fsp3) is 0.500. The van der Waals surface area contributed by atoms with Gasteiger partial charge in [0.25, 0.3) is 0 Å². The molecule has 1 N–H and O–H groups in total. The molecular weight excluding hydrogens is 436 g/mol. The molecule has 0 aliphatic heterocycles. The summed E-state index contributed by atoms with van der Waals surface area (Å²) in [5.74, 6) is -0.0184. The molecule has 182 valence electrons. The zero-order valence-corrected chi connectivity index (χ0v) is 20.0. The summed E-state index contributed by atoms with van der Waals surface area (Å²) in [4.78, 5) is 25.6. The zero-order valence-electron chi connectivity index (χ0n) is 20.0. The van der Waals surface area contributed by atoms with E-state index in [1.165, 1.54) is 0 Å². The molecule has 2 aliphatic rings. The van der Waals surface area contributed by atoms with Crippen molar-refractivity contribution in [2.45, 2.75) is 71.1 Å². The molecule has 1 aromatic heterocycles.